The van der Waals surface area contributed by atoms with Crippen LogP contribution in [0.25, 0.3) is 0 Å². The smallest absolute Gasteiger partial charge is 0.0476 e. The molecule has 1 aliphatic rings. The summed E-state index contributed by atoms with van der Waals surface area (Å²) in [6.07, 6.45) is 3.68. The molecule has 17 heavy (non-hydrogen) atoms. The molecule has 0 aromatic rings. The van der Waals surface area contributed by atoms with Crippen LogP contribution in [-0.4, -0.2) is 36.8 Å². The van der Waals surface area contributed by atoms with E-state index in [1.165, 1.54) is 25.0 Å². The van der Waals surface area contributed by atoms with E-state index in [4.69, 9.17) is 4.74 Å². The quantitative estimate of drug-likeness (QED) is 0.791. The number of rotatable bonds is 6. The maximum Gasteiger partial charge on any atom is 0.0476 e. The molecular formula is C14H29NOS. The summed E-state index contributed by atoms with van der Waals surface area (Å²) in [4.78, 5) is 0. The lowest BCUT2D eigenvalue weighted by atomic mass is 9.88. The molecule has 102 valence electrons. The molecule has 1 aliphatic heterocycles. The molecule has 0 spiro atoms. The number of nitrogens with one attached hydrogen (secondary N) is 1. The minimum absolute atomic E-state index is 0.355. The van der Waals surface area contributed by atoms with Crippen molar-refractivity contribution in [3.63, 3.8) is 0 Å². The summed E-state index contributed by atoms with van der Waals surface area (Å²) in [5.74, 6) is 1.23. The zero-order chi connectivity index (χ0) is 12.7. The van der Waals surface area contributed by atoms with E-state index in [0.29, 0.717) is 11.5 Å². The lowest BCUT2D eigenvalue weighted by Crippen LogP contribution is -2.43. The minimum Gasteiger partial charge on any atom is -0.381 e. The molecule has 1 rings (SSSR count). The van der Waals surface area contributed by atoms with E-state index in [1.54, 1.807) is 0 Å². The third-order valence-corrected chi connectivity index (χ3v) is 4.82. The van der Waals surface area contributed by atoms with Gasteiger partial charge in [-0.15, -0.1) is 0 Å². The summed E-state index contributed by atoms with van der Waals surface area (Å²) in [7, 11) is 0. The third-order valence-electron chi connectivity index (χ3n) is 3.35. The minimum atomic E-state index is 0.355. The molecule has 3 heteroatoms. The highest BCUT2D eigenvalue weighted by Gasteiger charge is 2.25. The Hall–Kier alpha value is 0.270. The molecule has 1 heterocycles. The van der Waals surface area contributed by atoms with E-state index in [0.717, 1.165) is 25.0 Å². The second-order valence-electron chi connectivity index (χ2n) is 6.02. The molecule has 1 saturated heterocycles. The largest absolute Gasteiger partial charge is 0.381 e. The van der Waals surface area contributed by atoms with E-state index in [2.05, 4.69) is 44.8 Å². The van der Waals surface area contributed by atoms with Crippen molar-refractivity contribution >= 4 is 11.8 Å². The predicted molar refractivity (Wildman–Crippen MR) is 77.8 cm³/mol. The van der Waals surface area contributed by atoms with Gasteiger partial charge >= 0.3 is 0 Å². The fraction of sp³-hybridized carbons (Fsp3) is 1.00. The third kappa shape index (κ3) is 6.12. The second kappa shape index (κ2) is 7.65. The first-order valence-corrected chi connectivity index (χ1v) is 8.01. The van der Waals surface area contributed by atoms with Gasteiger partial charge in [-0.2, -0.15) is 11.8 Å². The Morgan fingerprint density at radius 1 is 1.29 bits per heavy atom. The first-order valence-electron chi connectivity index (χ1n) is 6.96. The highest BCUT2D eigenvalue weighted by molar-refractivity contribution is 7.99. The van der Waals surface area contributed by atoms with Crippen molar-refractivity contribution in [2.75, 3.05) is 25.5 Å². The van der Waals surface area contributed by atoms with E-state index in [-0.39, 0.29) is 0 Å². The summed E-state index contributed by atoms with van der Waals surface area (Å²) in [6, 6.07) is 0.621. The molecule has 1 N–H and O–H groups in total. The van der Waals surface area contributed by atoms with Crippen LogP contribution in [0.4, 0.5) is 0 Å². The molecule has 1 unspecified atom stereocenters. The Balaban J connectivity index is 2.31. The van der Waals surface area contributed by atoms with Crippen LogP contribution in [0.5, 0.6) is 0 Å². The Labute approximate surface area is 111 Å². The maximum atomic E-state index is 5.41. The second-order valence-corrected chi connectivity index (χ2v) is 7.35. The van der Waals surface area contributed by atoms with E-state index < -0.39 is 0 Å². The van der Waals surface area contributed by atoms with Gasteiger partial charge in [0.2, 0.25) is 0 Å². The van der Waals surface area contributed by atoms with Crippen LogP contribution in [0.15, 0.2) is 0 Å². The molecule has 1 atom stereocenters. The van der Waals surface area contributed by atoms with Gasteiger partial charge in [-0.3, -0.25) is 0 Å². The predicted octanol–water partition coefficient (Wildman–Crippen LogP) is 3.31. The zero-order valence-corrected chi connectivity index (χ0v) is 12.7. The highest BCUT2D eigenvalue weighted by atomic mass is 32.2. The fourth-order valence-corrected chi connectivity index (χ4v) is 3.62. The molecular weight excluding hydrogens is 230 g/mol. The summed E-state index contributed by atoms with van der Waals surface area (Å²) < 4.78 is 5.41. The van der Waals surface area contributed by atoms with Crippen LogP contribution in [0.2, 0.25) is 0 Å². The number of thioether (sulfide) groups is 1. The first kappa shape index (κ1) is 15.3. The maximum absolute atomic E-state index is 5.41. The molecule has 1 fully saturated rings. The van der Waals surface area contributed by atoms with Gasteiger partial charge in [0.05, 0.1) is 0 Å². The summed E-state index contributed by atoms with van der Waals surface area (Å²) in [6.45, 7) is 12.3. The first-order chi connectivity index (χ1) is 8.04. The van der Waals surface area contributed by atoms with Crippen LogP contribution in [-0.2, 0) is 4.74 Å². The fourth-order valence-electron chi connectivity index (χ4n) is 2.01. The number of ether oxygens (including phenoxy) is 1. The van der Waals surface area contributed by atoms with Crippen molar-refractivity contribution in [1.82, 2.24) is 5.32 Å². The Kier molecular flexibility index (Phi) is 6.90. The Morgan fingerprint density at radius 2 is 1.94 bits per heavy atom. The van der Waals surface area contributed by atoms with Crippen molar-refractivity contribution in [2.45, 2.75) is 58.2 Å². The molecule has 0 aromatic heterocycles. The van der Waals surface area contributed by atoms with Crippen molar-refractivity contribution in [3.05, 3.63) is 0 Å². The van der Waals surface area contributed by atoms with Gasteiger partial charge < -0.3 is 10.1 Å². The van der Waals surface area contributed by atoms with Crippen LogP contribution < -0.4 is 5.32 Å². The van der Waals surface area contributed by atoms with Gasteiger partial charge in [0, 0.05) is 30.3 Å². The molecule has 0 saturated carbocycles. The molecule has 0 aromatic carbocycles. The van der Waals surface area contributed by atoms with Gasteiger partial charge in [-0.05, 0) is 31.2 Å². The normalized spacial score (nSPS) is 20.5. The van der Waals surface area contributed by atoms with Crippen LogP contribution in [0.1, 0.15) is 47.0 Å². The van der Waals surface area contributed by atoms with Gasteiger partial charge in [-0.25, -0.2) is 0 Å². The highest BCUT2D eigenvalue weighted by Crippen LogP contribution is 2.28. The molecule has 0 aliphatic carbocycles. The van der Waals surface area contributed by atoms with Crippen LogP contribution in [0.3, 0.4) is 0 Å². The van der Waals surface area contributed by atoms with Crippen LogP contribution in [0, 0.1) is 5.41 Å². The van der Waals surface area contributed by atoms with E-state index in [1.807, 2.05) is 0 Å². The van der Waals surface area contributed by atoms with Gasteiger partial charge in [-0.1, -0.05) is 27.7 Å². The van der Waals surface area contributed by atoms with Gasteiger partial charge in [0.1, 0.15) is 0 Å². The Bertz CT molecular complexity index is 197. The Morgan fingerprint density at radius 3 is 2.47 bits per heavy atom. The lowest BCUT2D eigenvalue weighted by Gasteiger charge is -2.33. The summed E-state index contributed by atoms with van der Waals surface area (Å²) >= 11 is 2.14. The standard InChI is InChI=1S/C14H29NOS/c1-5-8-15-13(14(2,3)4)11-17-12-6-9-16-10-7-12/h12-13,15H,5-11H2,1-4H3. The van der Waals surface area contributed by atoms with Crippen molar-refractivity contribution < 1.29 is 4.74 Å². The number of hydrogen-bond acceptors (Lipinski definition) is 3. The van der Waals surface area contributed by atoms with Crippen molar-refractivity contribution in [3.8, 4) is 0 Å². The van der Waals surface area contributed by atoms with Crippen molar-refractivity contribution in [1.29, 1.82) is 0 Å². The average Bonchev–Trinajstić information content (AvgIpc) is 2.29. The summed E-state index contributed by atoms with van der Waals surface area (Å²) in [5.41, 5.74) is 0.355. The van der Waals surface area contributed by atoms with E-state index >= 15 is 0 Å². The van der Waals surface area contributed by atoms with Gasteiger partial charge in [0.15, 0.2) is 0 Å². The van der Waals surface area contributed by atoms with Gasteiger partial charge in [0.25, 0.3) is 0 Å². The van der Waals surface area contributed by atoms with E-state index in [9.17, 15) is 0 Å². The lowest BCUT2D eigenvalue weighted by molar-refractivity contribution is 0.0999. The topological polar surface area (TPSA) is 21.3 Å². The number of hydrogen-bond donors (Lipinski definition) is 1. The summed E-state index contributed by atoms with van der Waals surface area (Å²) in [5, 5.41) is 4.51. The molecule has 2 nitrogen and oxygen atoms in total. The molecule has 0 radical (unpaired) electrons. The average molecular weight is 259 g/mol. The monoisotopic (exact) mass is 259 g/mol. The van der Waals surface area contributed by atoms with Crippen LogP contribution >= 0.6 is 11.8 Å². The molecule has 0 amide bonds. The van der Waals surface area contributed by atoms with Crippen molar-refractivity contribution in [2.24, 2.45) is 5.41 Å². The zero-order valence-electron chi connectivity index (χ0n) is 11.9. The SMILES string of the molecule is CCCNC(CSC1CCOCC1)C(C)(C)C. The molecule has 0 bridgehead atoms.